The van der Waals surface area contributed by atoms with Gasteiger partial charge in [0.15, 0.2) is 5.76 Å². The molecule has 0 unspecified atom stereocenters. The minimum atomic E-state index is -4.00. The van der Waals surface area contributed by atoms with Crippen molar-refractivity contribution in [1.29, 1.82) is 0 Å². The summed E-state index contributed by atoms with van der Waals surface area (Å²) in [6, 6.07) is 3.67. The van der Waals surface area contributed by atoms with Crippen LogP contribution in [-0.4, -0.2) is 13.6 Å². The van der Waals surface area contributed by atoms with Gasteiger partial charge < -0.3 is 10.3 Å². The molecule has 102 valence electrons. The number of hydrogen-bond donors (Lipinski definition) is 2. The topological polar surface area (TPSA) is 98.2 Å². The summed E-state index contributed by atoms with van der Waals surface area (Å²) in [6.45, 7) is 1.48. The molecule has 2 aromatic rings. The average molecular weight is 285 g/mol. The first kappa shape index (κ1) is 13.5. The second-order valence-electron chi connectivity index (χ2n) is 3.94. The van der Waals surface area contributed by atoms with E-state index in [2.05, 4.69) is 9.88 Å². The van der Waals surface area contributed by atoms with Gasteiger partial charge in [-0.1, -0.05) is 5.16 Å². The quantitative estimate of drug-likeness (QED) is 0.822. The van der Waals surface area contributed by atoms with Crippen molar-refractivity contribution in [1.82, 2.24) is 9.88 Å². The third-order valence-corrected chi connectivity index (χ3v) is 3.95. The van der Waals surface area contributed by atoms with E-state index in [9.17, 15) is 12.8 Å². The van der Waals surface area contributed by atoms with Gasteiger partial charge in [-0.15, -0.1) is 0 Å². The van der Waals surface area contributed by atoms with Crippen molar-refractivity contribution in [2.24, 2.45) is 0 Å². The van der Waals surface area contributed by atoms with Crippen molar-refractivity contribution in [3.63, 3.8) is 0 Å². The molecule has 0 amide bonds. The van der Waals surface area contributed by atoms with Crippen LogP contribution in [-0.2, 0) is 16.6 Å². The number of sulfonamides is 1. The predicted molar refractivity (Wildman–Crippen MR) is 66.1 cm³/mol. The lowest BCUT2D eigenvalue weighted by atomic mass is 10.2. The number of halogens is 1. The summed E-state index contributed by atoms with van der Waals surface area (Å²) in [6.07, 6.45) is 1.38. The Hall–Kier alpha value is -1.93. The van der Waals surface area contributed by atoms with Crippen molar-refractivity contribution >= 4 is 15.7 Å². The highest BCUT2D eigenvalue weighted by molar-refractivity contribution is 7.89. The van der Waals surface area contributed by atoms with Crippen LogP contribution in [0.4, 0.5) is 10.1 Å². The number of benzene rings is 1. The molecular weight excluding hydrogens is 273 g/mol. The fraction of sp³-hybridized carbons (Fsp3) is 0.182. The van der Waals surface area contributed by atoms with Crippen molar-refractivity contribution in [3.05, 3.63) is 41.5 Å². The maximum atomic E-state index is 13.7. The molecular formula is C11H12FN3O3S. The fourth-order valence-electron chi connectivity index (χ4n) is 1.45. The molecule has 1 heterocycles. The molecule has 19 heavy (non-hydrogen) atoms. The minimum absolute atomic E-state index is 0.116. The zero-order chi connectivity index (χ0) is 14.0. The van der Waals surface area contributed by atoms with E-state index in [-0.39, 0.29) is 12.2 Å². The molecule has 0 fully saturated rings. The molecule has 0 saturated heterocycles. The zero-order valence-electron chi connectivity index (χ0n) is 10.1. The first-order valence-electron chi connectivity index (χ1n) is 5.35. The average Bonchev–Trinajstić information content (AvgIpc) is 2.84. The number of nitrogen functional groups attached to an aromatic ring is 1. The molecule has 0 aliphatic rings. The van der Waals surface area contributed by atoms with Crippen molar-refractivity contribution in [2.45, 2.75) is 18.4 Å². The number of nitrogens with zero attached hydrogens (tertiary/aromatic N) is 1. The summed E-state index contributed by atoms with van der Waals surface area (Å²) in [5.74, 6) is -0.527. The highest BCUT2D eigenvalue weighted by atomic mass is 32.2. The largest absolute Gasteiger partial charge is 0.398 e. The molecule has 6 nitrogen and oxygen atoms in total. The summed E-state index contributed by atoms with van der Waals surface area (Å²) in [5, 5.41) is 3.43. The van der Waals surface area contributed by atoms with Crippen LogP contribution in [0.1, 0.15) is 11.3 Å². The lowest BCUT2D eigenvalue weighted by Crippen LogP contribution is -2.24. The second-order valence-corrected chi connectivity index (χ2v) is 5.68. The highest BCUT2D eigenvalue weighted by Gasteiger charge is 2.20. The van der Waals surface area contributed by atoms with E-state index in [0.717, 1.165) is 12.1 Å². The van der Waals surface area contributed by atoms with Crippen LogP contribution in [0.15, 0.2) is 33.8 Å². The smallest absolute Gasteiger partial charge is 0.243 e. The molecule has 0 bridgehead atoms. The van der Waals surface area contributed by atoms with Gasteiger partial charge in [-0.25, -0.2) is 17.5 Å². The number of anilines is 1. The van der Waals surface area contributed by atoms with E-state index in [1.807, 2.05) is 0 Å². The molecule has 0 aliphatic heterocycles. The van der Waals surface area contributed by atoms with E-state index in [0.29, 0.717) is 11.3 Å². The van der Waals surface area contributed by atoms with Gasteiger partial charge in [0.05, 0.1) is 12.7 Å². The summed E-state index contributed by atoms with van der Waals surface area (Å²) in [5.41, 5.74) is 6.28. The Bertz CT molecular complexity index is 683. The number of rotatable bonds is 4. The van der Waals surface area contributed by atoms with Crippen molar-refractivity contribution in [3.8, 4) is 0 Å². The number of nitrogens with two attached hydrogens (primary N) is 1. The number of aryl methyl sites for hydroxylation is 1. The number of hydrogen-bond acceptors (Lipinski definition) is 5. The Morgan fingerprint density at radius 2 is 2.21 bits per heavy atom. The summed E-state index contributed by atoms with van der Waals surface area (Å²) in [4.78, 5) is -0.491. The van der Waals surface area contributed by atoms with Gasteiger partial charge in [-0.2, -0.15) is 0 Å². The van der Waals surface area contributed by atoms with Gasteiger partial charge in [0.1, 0.15) is 10.7 Å². The predicted octanol–water partition coefficient (Wildman–Crippen LogP) is 1.18. The first-order valence-corrected chi connectivity index (χ1v) is 6.83. The minimum Gasteiger partial charge on any atom is -0.398 e. The van der Waals surface area contributed by atoms with Gasteiger partial charge in [-0.05, 0) is 24.6 Å². The maximum absolute atomic E-state index is 13.7. The Balaban J connectivity index is 2.27. The molecule has 0 saturated carbocycles. The fourth-order valence-corrected chi connectivity index (χ4v) is 2.54. The Morgan fingerprint density at radius 3 is 2.84 bits per heavy atom. The SMILES string of the molecule is Cc1cc(F)c(S(=O)(=O)NCc2ccno2)cc1N. The molecule has 2 rings (SSSR count). The van der Waals surface area contributed by atoms with Crippen LogP contribution in [0.2, 0.25) is 0 Å². The van der Waals surface area contributed by atoms with Gasteiger partial charge in [-0.3, -0.25) is 0 Å². The van der Waals surface area contributed by atoms with Crippen LogP contribution in [0.25, 0.3) is 0 Å². The molecule has 0 spiro atoms. The van der Waals surface area contributed by atoms with E-state index >= 15 is 0 Å². The Labute approximate surface area is 109 Å². The van der Waals surface area contributed by atoms with Gasteiger partial charge in [0, 0.05) is 11.8 Å². The molecule has 0 atom stereocenters. The Kier molecular flexibility index (Phi) is 3.54. The maximum Gasteiger partial charge on any atom is 0.243 e. The van der Waals surface area contributed by atoms with E-state index in [1.165, 1.54) is 12.3 Å². The van der Waals surface area contributed by atoms with Gasteiger partial charge >= 0.3 is 0 Å². The molecule has 0 aliphatic carbocycles. The molecule has 1 aromatic carbocycles. The van der Waals surface area contributed by atoms with Gasteiger partial charge in [0.2, 0.25) is 10.0 Å². The lowest BCUT2D eigenvalue weighted by molar-refractivity contribution is 0.380. The summed E-state index contributed by atoms with van der Waals surface area (Å²) in [7, 11) is -4.00. The van der Waals surface area contributed by atoms with Crippen LogP contribution >= 0.6 is 0 Å². The Morgan fingerprint density at radius 1 is 1.47 bits per heavy atom. The third-order valence-electron chi connectivity index (χ3n) is 2.54. The number of aromatic nitrogens is 1. The molecule has 1 aromatic heterocycles. The van der Waals surface area contributed by atoms with Crippen LogP contribution < -0.4 is 10.5 Å². The summed E-state index contributed by atoms with van der Waals surface area (Å²) < 4.78 is 44.5. The van der Waals surface area contributed by atoms with Crippen LogP contribution in [0.5, 0.6) is 0 Å². The van der Waals surface area contributed by atoms with Crippen LogP contribution in [0.3, 0.4) is 0 Å². The third kappa shape index (κ3) is 2.91. The van der Waals surface area contributed by atoms with Crippen molar-refractivity contribution < 1.29 is 17.3 Å². The first-order chi connectivity index (χ1) is 8.90. The van der Waals surface area contributed by atoms with E-state index in [1.54, 1.807) is 6.92 Å². The highest BCUT2D eigenvalue weighted by Crippen LogP contribution is 2.21. The second kappa shape index (κ2) is 4.98. The van der Waals surface area contributed by atoms with E-state index in [4.69, 9.17) is 10.3 Å². The monoisotopic (exact) mass is 285 g/mol. The molecule has 8 heteroatoms. The number of nitrogens with one attached hydrogen (secondary N) is 1. The molecule has 3 N–H and O–H groups in total. The summed E-state index contributed by atoms with van der Waals surface area (Å²) >= 11 is 0. The van der Waals surface area contributed by atoms with E-state index < -0.39 is 20.7 Å². The standard InChI is InChI=1S/C11H12FN3O3S/c1-7-4-9(12)11(5-10(7)13)19(16,17)15-6-8-2-3-14-18-8/h2-5,15H,6,13H2,1H3. The normalized spacial score (nSPS) is 11.7. The zero-order valence-corrected chi connectivity index (χ0v) is 10.9. The molecule has 0 radical (unpaired) electrons. The lowest BCUT2D eigenvalue weighted by Gasteiger charge is -2.08. The van der Waals surface area contributed by atoms with Gasteiger partial charge in [0.25, 0.3) is 0 Å². The van der Waals surface area contributed by atoms with Crippen molar-refractivity contribution in [2.75, 3.05) is 5.73 Å². The van der Waals surface area contributed by atoms with Crippen LogP contribution in [0, 0.1) is 12.7 Å².